The summed E-state index contributed by atoms with van der Waals surface area (Å²) in [5, 5.41) is 9.51. The van der Waals surface area contributed by atoms with Crippen molar-refractivity contribution in [3.8, 4) is 11.3 Å². The second-order valence-corrected chi connectivity index (χ2v) is 7.00. The molecule has 0 bridgehead atoms. The SMILES string of the molecule is CCCCC(C)c1ccc(-c2cc(=O)c3cccc(CC(=O)O)c3o2)cc1. The number of carbonyl (C=O) groups is 1. The largest absolute Gasteiger partial charge is 0.481 e. The summed E-state index contributed by atoms with van der Waals surface area (Å²) < 4.78 is 5.96. The van der Waals surface area contributed by atoms with Crippen LogP contribution in [0.2, 0.25) is 0 Å². The molecular weight excluding hydrogens is 340 g/mol. The van der Waals surface area contributed by atoms with Crippen LogP contribution < -0.4 is 5.43 Å². The molecule has 1 atom stereocenters. The van der Waals surface area contributed by atoms with Crippen LogP contribution in [0.1, 0.15) is 50.2 Å². The molecule has 0 radical (unpaired) electrons. The number of fused-ring (bicyclic) bond motifs is 1. The number of carboxylic acids is 1. The minimum Gasteiger partial charge on any atom is -0.481 e. The van der Waals surface area contributed by atoms with Crippen molar-refractivity contribution in [1.29, 1.82) is 0 Å². The van der Waals surface area contributed by atoms with Crippen molar-refractivity contribution in [3.63, 3.8) is 0 Å². The third-order valence-corrected chi connectivity index (χ3v) is 4.93. The maximum atomic E-state index is 12.5. The Balaban J connectivity index is 1.99. The van der Waals surface area contributed by atoms with Gasteiger partial charge in [-0.3, -0.25) is 9.59 Å². The lowest BCUT2D eigenvalue weighted by Crippen LogP contribution is -2.05. The summed E-state index contributed by atoms with van der Waals surface area (Å²) in [6.07, 6.45) is 3.36. The smallest absolute Gasteiger partial charge is 0.307 e. The first kappa shape index (κ1) is 18.9. The Kier molecular flexibility index (Phi) is 5.75. The highest BCUT2D eigenvalue weighted by molar-refractivity contribution is 5.85. The van der Waals surface area contributed by atoms with E-state index in [-0.39, 0.29) is 11.8 Å². The fraction of sp³-hybridized carbons (Fsp3) is 0.304. The van der Waals surface area contributed by atoms with Crippen molar-refractivity contribution in [1.82, 2.24) is 0 Å². The minimum atomic E-state index is -0.957. The monoisotopic (exact) mass is 364 g/mol. The van der Waals surface area contributed by atoms with Gasteiger partial charge in [0.2, 0.25) is 0 Å². The second kappa shape index (κ2) is 8.21. The Morgan fingerprint density at radius 3 is 2.56 bits per heavy atom. The molecule has 27 heavy (non-hydrogen) atoms. The van der Waals surface area contributed by atoms with Crippen molar-refractivity contribution in [3.05, 3.63) is 69.9 Å². The van der Waals surface area contributed by atoms with Crippen LogP contribution in [0.5, 0.6) is 0 Å². The Hall–Kier alpha value is -2.88. The van der Waals surface area contributed by atoms with Gasteiger partial charge in [-0.2, -0.15) is 0 Å². The van der Waals surface area contributed by atoms with Gasteiger partial charge in [0.15, 0.2) is 5.43 Å². The first-order valence-corrected chi connectivity index (χ1v) is 9.37. The number of hydrogen-bond acceptors (Lipinski definition) is 3. The fourth-order valence-electron chi connectivity index (χ4n) is 3.33. The minimum absolute atomic E-state index is 0.168. The van der Waals surface area contributed by atoms with Gasteiger partial charge in [0.25, 0.3) is 0 Å². The molecule has 0 aliphatic carbocycles. The summed E-state index contributed by atoms with van der Waals surface area (Å²) in [6, 6.07) is 14.6. The van der Waals surface area contributed by atoms with E-state index < -0.39 is 5.97 Å². The zero-order valence-electron chi connectivity index (χ0n) is 15.7. The molecule has 0 aliphatic heterocycles. The van der Waals surface area contributed by atoms with E-state index in [2.05, 4.69) is 26.0 Å². The van der Waals surface area contributed by atoms with Crippen LogP contribution >= 0.6 is 0 Å². The van der Waals surface area contributed by atoms with E-state index in [1.165, 1.54) is 24.5 Å². The average molecular weight is 364 g/mol. The van der Waals surface area contributed by atoms with Crippen LogP contribution in [0.25, 0.3) is 22.3 Å². The van der Waals surface area contributed by atoms with Crippen LogP contribution in [-0.4, -0.2) is 11.1 Å². The summed E-state index contributed by atoms with van der Waals surface area (Å²) in [7, 11) is 0. The topological polar surface area (TPSA) is 67.5 Å². The molecule has 1 aromatic heterocycles. The first-order chi connectivity index (χ1) is 13.0. The number of aliphatic carboxylic acids is 1. The number of unbranched alkanes of at least 4 members (excludes halogenated alkanes) is 1. The zero-order chi connectivity index (χ0) is 19.4. The molecule has 0 amide bonds. The van der Waals surface area contributed by atoms with Gasteiger partial charge in [0, 0.05) is 17.2 Å². The normalized spacial score (nSPS) is 12.2. The summed E-state index contributed by atoms with van der Waals surface area (Å²) in [5.74, 6) is -0.0103. The summed E-state index contributed by atoms with van der Waals surface area (Å²) in [4.78, 5) is 23.6. The highest BCUT2D eigenvalue weighted by atomic mass is 16.4. The molecular formula is C23H24O4. The Morgan fingerprint density at radius 1 is 1.15 bits per heavy atom. The standard InChI is InChI=1S/C23H24O4/c1-3-4-6-15(2)16-9-11-17(12-10-16)21-14-20(24)19-8-5-7-18(13-22(25)26)23(19)27-21/h5,7-12,14-15H,3-4,6,13H2,1-2H3,(H,25,26). The lowest BCUT2D eigenvalue weighted by molar-refractivity contribution is -0.136. The number of carboxylic acid groups (broad SMARTS) is 1. The highest BCUT2D eigenvalue weighted by Gasteiger charge is 2.13. The van der Waals surface area contributed by atoms with Crippen LogP contribution in [0.4, 0.5) is 0 Å². The van der Waals surface area contributed by atoms with Crippen LogP contribution in [-0.2, 0) is 11.2 Å². The second-order valence-electron chi connectivity index (χ2n) is 7.00. The highest BCUT2D eigenvalue weighted by Crippen LogP contribution is 2.27. The van der Waals surface area contributed by atoms with Crippen molar-refractivity contribution in [2.24, 2.45) is 0 Å². The molecule has 0 spiro atoms. The fourth-order valence-corrected chi connectivity index (χ4v) is 3.33. The molecule has 140 valence electrons. The zero-order valence-corrected chi connectivity index (χ0v) is 15.7. The summed E-state index contributed by atoms with van der Waals surface area (Å²) >= 11 is 0. The van der Waals surface area contributed by atoms with Gasteiger partial charge in [-0.1, -0.05) is 63.1 Å². The number of hydrogen-bond donors (Lipinski definition) is 1. The number of para-hydroxylation sites is 1. The van der Waals surface area contributed by atoms with E-state index in [9.17, 15) is 9.59 Å². The Labute approximate surface area is 158 Å². The molecule has 0 aliphatic rings. The first-order valence-electron chi connectivity index (χ1n) is 9.37. The van der Waals surface area contributed by atoms with Crippen LogP contribution in [0.3, 0.4) is 0 Å². The molecule has 0 saturated heterocycles. The molecule has 4 nitrogen and oxygen atoms in total. The molecule has 3 rings (SSSR count). The quantitative estimate of drug-likeness (QED) is 0.611. The van der Waals surface area contributed by atoms with Gasteiger partial charge in [-0.05, 0) is 24.0 Å². The van der Waals surface area contributed by atoms with E-state index in [0.29, 0.717) is 28.2 Å². The lowest BCUT2D eigenvalue weighted by Gasteiger charge is -2.12. The molecule has 3 aromatic rings. The molecule has 1 unspecified atom stereocenters. The summed E-state index contributed by atoms with van der Waals surface area (Å²) in [5.41, 5.74) is 2.76. The van der Waals surface area contributed by atoms with Gasteiger partial charge in [0.05, 0.1) is 11.8 Å². The third-order valence-electron chi connectivity index (χ3n) is 4.93. The molecule has 1 heterocycles. The maximum absolute atomic E-state index is 12.5. The Bertz CT molecular complexity index is 999. The predicted molar refractivity (Wildman–Crippen MR) is 107 cm³/mol. The van der Waals surface area contributed by atoms with Gasteiger partial charge in [-0.15, -0.1) is 0 Å². The number of benzene rings is 2. The van der Waals surface area contributed by atoms with E-state index in [0.717, 1.165) is 12.0 Å². The Morgan fingerprint density at radius 2 is 1.89 bits per heavy atom. The number of rotatable bonds is 7. The van der Waals surface area contributed by atoms with Crippen LogP contribution in [0, 0.1) is 0 Å². The van der Waals surface area contributed by atoms with Crippen LogP contribution in [0.15, 0.2) is 57.7 Å². The van der Waals surface area contributed by atoms with E-state index in [4.69, 9.17) is 9.52 Å². The predicted octanol–water partition coefficient (Wildman–Crippen LogP) is 5.38. The van der Waals surface area contributed by atoms with Gasteiger partial charge < -0.3 is 9.52 Å². The molecule has 1 N–H and O–H groups in total. The van der Waals surface area contributed by atoms with Crippen molar-refractivity contribution < 1.29 is 14.3 Å². The van der Waals surface area contributed by atoms with E-state index in [1.54, 1.807) is 18.2 Å². The molecule has 0 saturated carbocycles. The van der Waals surface area contributed by atoms with Gasteiger partial charge in [0.1, 0.15) is 11.3 Å². The average Bonchev–Trinajstić information content (AvgIpc) is 2.66. The maximum Gasteiger partial charge on any atom is 0.307 e. The van der Waals surface area contributed by atoms with Crippen molar-refractivity contribution in [2.45, 2.75) is 45.4 Å². The van der Waals surface area contributed by atoms with Crippen molar-refractivity contribution in [2.75, 3.05) is 0 Å². The van der Waals surface area contributed by atoms with Crippen molar-refractivity contribution >= 4 is 16.9 Å². The lowest BCUT2D eigenvalue weighted by atomic mass is 9.94. The molecule has 0 fully saturated rings. The molecule has 2 aromatic carbocycles. The summed E-state index contributed by atoms with van der Waals surface area (Å²) in [6.45, 7) is 4.41. The molecule has 4 heteroatoms. The van der Waals surface area contributed by atoms with Gasteiger partial charge in [-0.25, -0.2) is 0 Å². The van der Waals surface area contributed by atoms with Gasteiger partial charge >= 0.3 is 5.97 Å². The van der Waals surface area contributed by atoms with E-state index in [1.807, 2.05) is 12.1 Å². The van der Waals surface area contributed by atoms with E-state index >= 15 is 0 Å². The third kappa shape index (κ3) is 4.27.